The Morgan fingerprint density at radius 3 is 2.38 bits per heavy atom. The first-order valence-corrected chi connectivity index (χ1v) is 10.3. The van der Waals surface area contributed by atoms with Crippen LogP contribution in [0.25, 0.3) is 11.3 Å². The second-order valence-electron chi connectivity index (χ2n) is 5.70. The number of aromatic nitrogens is 1. The molecule has 3 rings (SSSR count). The molecule has 3 aromatic rings. The number of halogens is 1. The molecule has 1 amide bonds. The van der Waals surface area contributed by atoms with E-state index in [2.05, 4.69) is 10.3 Å². The highest BCUT2D eigenvalue weighted by Crippen LogP contribution is 2.23. The van der Waals surface area contributed by atoms with Crippen molar-refractivity contribution in [1.82, 2.24) is 4.98 Å². The molecular formula is C18H15FN2O3S2. The number of anilines is 1. The first kappa shape index (κ1) is 18.2. The molecule has 0 saturated carbocycles. The third-order valence-corrected chi connectivity index (χ3v) is 5.55. The summed E-state index contributed by atoms with van der Waals surface area (Å²) in [6.07, 6.45) is 0.979. The molecule has 1 aromatic heterocycles. The highest BCUT2D eigenvalue weighted by atomic mass is 32.2. The van der Waals surface area contributed by atoms with Crippen LogP contribution in [0.1, 0.15) is 15.4 Å². The van der Waals surface area contributed by atoms with Gasteiger partial charge >= 0.3 is 0 Å². The van der Waals surface area contributed by atoms with Crippen molar-refractivity contribution >= 4 is 32.8 Å². The van der Waals surface area contributed by atoms with Gasteiger partial charge in [0.1, 0.15) is 5.82 Å². The van der Waals surface area contributed by atoms with Gasteiger partial charge in [-0.2, -0.15) is 0 Å². The number of rotatable bonds is 4. The van der Waals surface area contributed by atoms with Crippen LogP contribution in [0.3, 0.4) is 0 Å². The molecule has 0 aliphatic heterocycles. The number of aryl methyl sites for hydroxylation is 1. The quantitative estimate of drug-likeness (QED) is 0.733. The van der Waals surface area contributed by atoms with E-state index in [1.807, 2.05) is 24.4 Å². The fourth-order valence-corrected chi connectivity index (χ4v) is 3.58. The molecular weight excluding hydrogens is 375 g/mol. The SMILES string of the molecule is Cc1nc(-c2ccc(NC(=O)c3ccc(S(C)(=O)=O)cc3F)cc2)cs1. The van der Waals surface area contributed by atoms with Crippen molar-refractivity contribution < 1.29 is 17.6 Å². The third kappa shape index (κ3) is 3.97. The number of sulfone groups is 1. The minimum atomic E-state index is -3.53. The van der Waals surface area contributed by atoms with Gasteiger partial charge in [-0.25, -0.2) is 17.8 Å². The average molecular weight is 390 g/mol. The molecule has 0 saturated heterocycles. The van der Waals surface area contributed by atoms with Crippen molar-refractivity contribution in [3.63, 3.8) is 0 Å². The minimum Gasteiger partial charge on any atom is -0.322 e. The molecule has 5 nitrogen and oxygen atoms in total. The molecule has 8 heteroatoms. The van der Waals surface area contributed by atoms with Crippen LogP contribution in [0.4, 0.5) is 10.1 Å². The largest absolute Gasteiger partial charge is 0.322 e. The summed E-state index contributed by atoms with van der Waals surface area (Å²) in [6.45, 7) is 1.92. The molecule has 0 spiro atoms. The van der Waals surface area contributed by atoms with E-state index in [1.165, 1.54) is 6.07 Å². The fourth-order valence-electron chi connectivity index (χ4n) is 2.33. The monoisotopic (exact) mass is 390 g/mol. The number of benzene rings is 2. The standard InChI is InChI=1S/C18H15FN2O3S2/c1-11-20-17(10-25-11)12-3-5-13(6-4-12)21-18(22)15-8-7-14(9-16(15)19)26(2,23)24/h3-10H,1-2H3,(H,21,22). The number of nitrogens with one attached hydrogen (secondary N) is 1. The molecule has 0 aliphatic carbocycles. The first-order valence-electron chi connectivity index (χ1n) is 7.57. The van der Waals surface area contributed by atoms with Crippen LogP contribution in [0.5, 0.6) is 0 Å². The Labute approximate surface area is 154 Å². The molecule has 1 N–H and O–H groups in total. The predicted octanol–water partition coefficient (Wildman–Crippen LogP) is 3.91. The zero-order chi connectivity index (χ0) is 18.9. The summed E-state index contributed by atoms with van der Waals surface area (Å²) >= 11 is 1.55. The number of carbonyl (C=O) groups is 1. The molecule has 1 heterocycles. The van der Waals surface area contributed by atoms with E-state index >= 15 is 0 Å². The van der Waals surface area contributed by atoms with Crippen molar-refractivity contribution in [3.05, 3.63) is 64.2 Å². The number of thiazole rings is 1. The molecule has 134 valence electrons. The summed E-state index contributed by atoms with van der Waals surface area (Å²) in [7, 11) is -3.53. The van der Waals surface area contributed by atoms with Gasteiger partial charge in [-0.05, 0) is 37.3 Å². The van der Waals surface area contributed by atoms with Crippen molar-refractivity contribution in [3.8, 4) is 11.3 Å². The van der Waals surface area contributed by atoms with E-state index in [-0.39, 0.29) is 10.5 Å². The lowest BCUT2D eigenvalue weighted by molar-refractivity contribution is 0.102. The van der Waals surface area contributed by atoms with E-state index < -0.39 is 21.6 Å². The summed E-state index contributed by atoms with van der Waals surface area (Å²) in [6, 6.07) is 10.2. The Morgan fingerprint density at radius 1 is 1.15 bits per heavy atom. The van der Waals surface area contributed by atoms with Gasteiger partial charge in [0.2, 0.25) is 0 Å². The van der Waals surface area contributed by atoms with Gasteiger partial charge in [-0.3, -0.25) is 4.79 Å². The lowest BCUT2D eigenvalue weighted by Crippen LogP contribution is -2.14. The lowest BCUT2D eigenvalue weighted by Gasteiger charge is -2.08. The first-order chi connectivity index (χ1) is 12.2. The third-order valence-electron chi connectivity index (χ3n) is 3.67. The van der Waals surface area contributed by atoms with Gasteiger partial charge in [0.25, 0.3) is 5.91 Å². The smallest absolute Gasteiger partial charge is 0.258 e. The Bertz CT molecular complexity index is 1070. The number of hydrogen-bond acceptors (Lipinski definition) is 5. The van der Waals surface area contributed by atoms with E-state index in [9.17, 15) is 17.6 Å². The number of amides is 1. The zero-order valence-corrected chi connectivity index (χ0v) is 15.6. The molecule has 2 aromatic carbocycles. The van der Waals surface area contributed by atoms with Crippen molar-refractivity contribution in [2.24, 2.45) is 0 Å². The van der Waals surface area contributed by atoms with Crippen LogP contribution < -0.4 is 5.32 Å². The van der Waals surface area contributed by atoms with Crippen LogP contribution in [0, 0.1) is 12.7 Å². The van der Waals surface area contributed by atoms with Gasteiger partial charge in [0.15, 0.2) is 9.84 Å². The minimum absolute atomic E-state index is 0.172. The molecule has 0 bridgehead atoms. The summed E-state index contributed by atoms with van der Waals surface area (Å²) in [5.41, 5.74) is 2.04. The molecule has 0 radical (unpaired) electrons. The second kappa shape index (κ2) is 6.97. The van der Waals surface area contributed by atoms with Gasteiger partial charge in [-0.15, -0.1) is 11.3 Å². The average Bonchev–Trinajstić information content (AvgIpc) is 3.01. The summed E-state index contributed by atoms with van der Waals surface area (Å²) in [4.78, 5) is 16.5. The maximum atomic E-state index is 14.1. The van der Waals surface area contributed by atoms with Gasteiger partial charge in [0, 0.05) is 22.9 Å². The molecule has 0 atom stereocenters. The maximum Gasteiger partial charge on any atom is 0.258 e. The highest BCUT2D eigenvalue weighted by Gasteiger charge is 2.16. The Kier molecular flexibility index (Phi) is 4.88. The van der Waals surface area contributed by atoms with Crippen molar-refractivity contribution in [2.75, 3.05) is 11.6 Å². The fraction of sp³-hybridized carbons (Fsp3) is 0.111. The highest BCUT2D eigenvalue weighted by molar-refractivity contribution is 7.90. The number of nitrogens with zero attached hydrogens (tertiary/aromatic N) is 1. The van der Waals surface area contributed by atoms with Crippen LogP contribution in [0.15, 0.2) is 52.7 Å². The summed E-state index contributed by atoms with van der Waals surface area (Å²) in [5, 5.41) is 5.50. The zero-order valence-electron chi connectivity index (χ0n) is 14.0. The van der Waals surface area contributed by atoms with Crippen LogP contribution in [0.2, 0.25) is 0 Å². The van der Waals surface area contributed by atoms with E-state index in [4.69, 9.17) is 0 Å². The molecule has 0 fully saturated rings. The maximum absolute atomic E-state index is 14.1. The van der Waals surface area contributed by atoms with E-state index in [1.54, 1.807) is 23.5 Å². The normalized spacial score (nSPS) is 11.3. The van der Waals surface area contributed by atoms with Crippen LogP contribution in [-0.2, 0) is 9.84 Å². The summed E-state index contributed by atoms with van der Waals surface area (Å²) in [5.74, 6) is -1.54. The number of carbonyl (C=O) groups excluding carboxylic acids is 1. The lowest BCUT2D eigenvalue weighted by atomic mass is 10.1. The Balaban J connectivity index is 1.78. The van der Waals surface area contributed by atoms with Crippen LogP contribution >= 0.6 is 11.3 Å². The van der Waals surface area contributed by atoms with Crippen LogP contribution in [-0.4, -0.2) is 25.6 Å². The topological polar surface area (TPSA) is 76.1 Å². The number of hydrogen-bond donors (Lipinski definition) is 1. The molecule has 0 unspecified atom stereocenters. The van der Waals surface area contributed by atoms with E-state index in [0.717, 1.165) is 34.7 Å². The predicted molar refractivity (Wildman–Crippen MR) is 99.8 cm³/mol. The molecule has 0 aliphatic rings. The van der Waals surface area contributed by atoms with Gasteiger partial charge in [-0.1, -0.05) is 12.1 Å². The summed E-state index contributed by atoms with van der Waals surface area (Å²) < 4.78 is 37.0. The Morgan fingerprint density at radius 2 is 1.85 bits per heavy atom. The van der Waals surface area contributed by atoms with Crippen molar-refractivity contribution in [2.45, 2.75) is 11.8 Å². The second-order valence-corrected chi connectivity index (χ2v) is 8.78. The van der Waals surface area contributed by atoms with Gasteiger partial charge < -0.3 is 5.32 Å². The van der Waals surface area contributed by atoms with E-state index in [0.29, 0.717) is 5.69 Å². The molecule has 26 heavy (non-hydrogen) atoms. The van der Waals surface area contributed by atoms with Crippen molar-refractivity contribution in [1.29, 1.82) is 0 Å². The van der Waals surface area contributed by atoms with Gasteiger partial charge in [0.05, 0.1) is 21.2 Å². The Hall–Kier alpha value is -2.58.